The zero-order chi connectivity index (χ0) is 20.3. The Morgan fingerprint density at radius 1 is 1.36 bits per heavy atom. The van der Waals surface area contributed by atoms with Gasteiger partial charge in [0.1, 0.15) is 17.9 Å². The van der Waals surface area contributed by atoms with Crippen LogP contribution in [0.1, 0.15) is 38.9 Å². The normalized spacial score (nSPS) is 18.8. The summed E-state index contributed by atoms with van der Waals surface area (Å²) in [4.78, 5) is 45.9. The average molecular weight is 386 g/mol. The minimum atomic E-state index is -0.998. The molecule has 2 aromatic rings. The lowest BCUT2D eigenvalue weighted by atomic mass is 9.97. The number of aromatic amines is 1. The number of carboxylic acid groups (broad SMARTS) is 1. The quantitative estimate of drug-likeness (QED) is 0.670. The van der Waals surface area contributed by atoms with E-state index in [1.807, 2.05) is 38.1 Å². The van der Waals surface area contributed by atoms with Crippen LogP contribution in [0.2, 0.25) is 0 Å². The molecule has 8 heteroatoms. The highest BCUT2D eigenvalue weighted by Crippen LogP contribution is 2.21. The number of benzene rings is 1. The van der Waals surface area contributed by atoms with Crippen molar-refractivity contribution in [3.8, 4) is 0 Å². The van der Waals surface area contributed by atoms with Crippen LogP contribution in [-0.4, -0.2) is 56.4 Å². The highest BCUT2D eigenvalue weighted by atomic mass is 16.4. The number of carbonyl (C=O) groups is 3. The van der Waals surface area contributed by atoms with Crippen LogP contribution in [0.3, 0.4) is 0 Å². The average Bonchev–Trinajstić information content (AvgIpc) is 3.31. The summed E-state index contributed by atoms with van der Waals surface area (Å²) in [5.74, 6) is -1.22. The molecule has 2 heterocycles. The molecule has 0 bridgehead atoms. The van der Waals surface area contributed by atoms with Gasteiger partial charge in [-0.3, -0.25) is 9.59 Å². The van der Waals surface area contributed by atoms with Crippen LogP contribution < -0.4 is 5.32 Å². The first kappa shape index (κ1) is 19.9. The van der Waals surface area contributed by atoms with Crippen molar-refractivity contribution in [1.82, 2.24) is 20.2 Å². The predicted octanol–water partition coefficient (Wildman–Crippen LogP) is 1.71. The van der Waals surface area contributed by atoms with Crippen LogP contribution in [0, 0.1) is 5.92 Å². The molecular formula is C20H26N4O4. The molecule has 1 aromatic heterocycles. The lowest BCUT2D eigenvalue weighted by molar-refractivity contribution is -0.150. The monoisotopic (exact) mass is 386 g/mol. The molecule has 3 atom stereocenters. The number of H-pyrrole nitrogens is 1. The molecule has 2 amide bonds. The molecule has 150 valence electrons. The second-order valence-corrected chi connectivity index (χ2v) is 7.34. The van der Waals surface area contributed by atoms with Crippen molar-refractivity contribution in [2.24, 2.45) is 5.92 Å². The molecule has 3 rings (SSSR count). The Hall–Kier alpha value is -2.90. The molecule has 1 fully saturated rings. The number of imidazole rings is 1. The van der Waals surface area contributed by atoms with Crippen LogP contribution in [0.4, 0.5) is 0 Å². The van der Waals surface area contributed by atoms with Gasteiger partial charge in [-0.05, 0) is 30.9 Å². The second-order valence-electron chi connectivity index (χ2n) is 7.34. The van der Waals surface area contributed by atoms with E-state index in [2.05, 4.69) is 15.3 Å². The van der Waals surface area contributed by atoms with Gasteiger partial charge in [0.05, 0.1) is 17.5 Å². The van der Waals surface area contributed by atoms with E-state index in [-0.39, 0.29) is 24.2 Å². The standard InChI is InChI=1S/C20H26N4O4/c1-3-12(2)18(19(26)24-10-6-9-15(24)20(27)28)23-17(25)11-16-21-13-7-4-5-8-14(13)22-16/h4-5,7-8,12,15,18H,3,6,9-11H2,1-2H3,(H,21,22)(H,23,25)(H,27,28)/t12-,15-,18-/m0/s1. The Kier molecular flexibility index (Phi) is 5.96. The number of para-hydroxylation sites is 2. The summed E-state index contributed by atoms with van der Waals surface area (Å²) in [6.45, 7) is 4.23. The minimum absolute atomic E-state index is 0.0251. The van der Waals surface area contributed by atoms with Gasteiger partial charge in [0.2, 0.25) is 11.8 Å². The number of aromatic nitrogens is 2. The van der Waals surface area contributed by atoms with Gasteiger partial charge in [0, 0.05) is 6.54 Å². The maximum absolute atomic E-state index is 13.0. The summed E-state index contributed by atoms with van der Waals surface area (Å²) >= 11 is 0. The fourth-order valence-electron chi connectivity index (χ4n) is 3.61. The van der Waals surface area contributed by atoms with Gasteiger partial charge in [0.25, 0.3) is 0 Å². The van der Waals surface area contributed by atoms with Crippen LogP contribution in [0.15, 0.2) is 24.3 Å². The number of carboxylic acids is 1. The van der Waals surface area contributed by atoms with Gasteiger partial charge in [0.15, 0.2) is 0 Å². The third-order valence-electron chi connectivity index (χ3n) is 5.38. The number of nitrogens with zero attached hydrogens (tertiary/aromatic N) is 2. The van der Waals surface area contributed by atoms with Crippen molar-refractivity contribution in [3.05, 3.63) is 30.1 Å². The number of rotatable bonds is 7. The van der Waals surface area contributed by atoms with E-state index in [1.54, 1.807) is 0 Å². The fraction of sp³-hybridized carbons (Fsp3) is 0.500. The zero-order valence-corrected chi connectivity index (χ0v) is 16.1. The zero-order valence-electron chi connectivity index (χ0n) is 16.1. The molecule has 0 aliphatic carbocycles. The maximum Gasteiger partial charge on any atom is 0.326 e. The molecule has 28 heavy (non-hydrogen) atoms. The number of nitrogens with one attached hydrogen (secondary N) is 2. The Morgan fingerprint density at radius 2 is 2.11 bits per heavy atom. The molecule has 0 unspecified atom stereocenters. The number of likely N-dealkylation sites (tertiary alicyclic amines) is 1. The van der Waals surface area contributed by atoms with Crippen LogP contribution in [0.5, 0.6) is 0 Å². The highest BCUT2D eigenvalue weighted by Gasteiger charge is 2.39. The third-order valence-corrected chi connectivity index (χ3v) is 5.38. The first-order chi connectivity index (χ1) is 13.4. The van der Waals surface area contributed by atoms with Crippen LogP contribution >= 0.6 is 0 Å². The van der Waals surface area contributed by atoms with Gasteiger partial charge in [-0.15, -0.1) is 0 Å². The lowest BCUT2D eigenvalue weighted by Crippen LogP contribution is -2.54. The molecule has 1 aliphatic heterocycles. The van der Waals surface area contributed by atoms with E-state index in [4.69, 9.17) is 0 Å². The number of hydrogen-bond acceptors (Lipinski definition) is 4. The topological polar surface area (TPSA) is 115 Å². The molecule has 3 N–H and O–H groups in total. The first-order valence-corrected chi connectivity index (χ1v) is 9.67. The Morgan fingerprint density at radius 3 is 2.79 bits per heavy atom. The molecule has 0 radical (unpaired) electrons. The van der Waals surface area contributed by atoms with Crippen molar-refractivity contribution < 1.29 is 19.5 Å². The fourth-order valence-corrected chi connectivity index (χ4v) is 3.61. The SMILES string of the molecule is CC[C@H](C)[C@H](NC(=O)Cc1nc2ccccc2[nH]1)C(=O)N1CCC[C@H]1C(=O)O. The van der Waals surface area contributed by atoms with E-state index in [0.29, 0.717) is 31.6 Å². The number of hydrogen-bond donors (Lipinski definition) is 3. The second kappa shape index (κ2) is 8.41. The van der Waals surface area contributed by atoms with E-state index in [0.717, 1.165) is 11.0 Å². The van der Waals surface area contributed by atoms with Gasteiger partial charge in [-0.2, -0.15) is 0 Å². The van der Waals surface area contributed by atoms with Crippen LogP contribution in [0.25, 0.3) is 11.0 Å². The van der Waals surface area contributed by atoms with E-state index in [9.17, 15) is 19.5 Å². The number of carbonyl (C=O) groups excluding carboxylic acids is 2. The van der Waals surface area contributed by atoms with Crippen molar-refractivity contribution in [2.75, 3.05) is 6.54 Å². The van der Waals surface area contributed by atoms with E-state index < -0.39 is 18.1 Å². The van der Waals surface area contributed by atoms with Crippen molar-refractivity contribution in [1.29, 1.82) is 0 Å². The Labute approximate surface area is 163 Å². The molecule has 8 nitrogen and oxygen atoms in total. The van der Waals surface area contributed by atoms with Crippen LogP contribution in [-0.2, 0) is 20.8 Å². The maximum atomic E-state index is 13.0. The molecular weight excluding hydrogens is 360 g/mol. The molecule has 1 aliphatic rings. The Balaban J connectivity index is 1.71. The predicted molar refractivity (Wildman–Crippen MR) is 104 cm³/mol. The summed E-state index contributed by atoms with van der Waals surface area (Å²) in [5.41, 5.74) is 1.63. The summed E-state index contributed by atoms with van der Waals surface area (Å²) in [6.07, 6.45) is 1.81. The van der Waals surface area contributed by atoms with Crippen molar-refractivity contribution in [2.45, 2.75) is 51.6 Å². The summed E-state index contributed by atoms with van der Waals surface area (Å²) in [6, 6.07) is 5.94. The molecule has 1 saturated heterocycles. The molecule has 0 spiro atoms. The van der Waals surface area contributed by atoms with Crippen molar-refractivity contribution >= 4 is 28.8 Å². The summed E-state index contributed by atoms with van der Waals surface area (Å²) in [5, 5.41) is 12.2. The largest absolute Gasteiger partial charge is 0.480 e. The lowest BCUT2D eigenvalue weighted by Gasteiger charge is -2.30. The number of aliphatic carboxylic acids is 1. The van der Waals surface area contributed by atoms with Gasteiger partial charge in [-0.1, -0.05) is 32.4 Å². The minimum Gasteiger partial charge on any atom is -0.480 e. The Bertz CT molecular complexity index is 845. The van der Waals surface area contributed by atoms with E-state index >= 15 is 0 Å². The van der Waals surface area contributed by atoms with Gasteiger partial charge < -0.3 is 20.3 Å². The summed E-state index contributed by atoms with van der Waals surface area (Å²) < 4.78 is 0. The molecule has 0 saturated carbocycles. The van der Waals surface area contributed by atoms with Gasteiger partial charge >= 0.3 is 5.97 Å². The summed E-state index contributed by atoms with van der Waals surface area (Å²) in [7, 11) is 0. The van der Waals surface area contributed by atoms with Gasteiger partial charge in [-0.25, -0.2) is 9.78 Å². The number of fused-ring (bicyclic) bond motifs is 1. The third kappa shape index (κ3) is 4.16. The molecule has 1 aromatic carbocycles. The van der Waals surface area contributed by atoms with Crippen molar-refractivity contribution in [3.63, 3.8) is 0 Å². The number of amides is 2. The smallest absolute Gasteiger partial charge is 0.326 e. The highest BCUT2D eigenvalue weighted by molar-refractivity contribution is 5.91. The first-order valence-electron chi connectivity index (χ1n) is 9.67. The van der Waals surface area contributed by atoms with E-state index in [1.165, 1.54) is 4.90 Å².